The summed E-state index contributed by atoms with van der Waals surface area (Å²) in [6, 6.07) is 1.75. The lowest BCUT2D eigenvalue weighted by Crippen LogP contribution is -2.21. The molecule has 7 heteroatoms. The van der Waals surface area contributed by atoms with E-state index in [0.717, 1.165) is 23.6 Å². The first-order chi connectivity index (χ1) is 8.20. The van der Waals surface area contributed by atoms with E-state index in [1.165, 1.54) is 21.9 Å². The summed E-state index contributed by atoms with van der Waals surface area (Å²) in [5.41, 5.74) is 8.12. The Hall–Kier alpha value is -0.920. The minimum absolute atomic E-state index is 0.119. The minimum atomic E-state index is -0.119. The average molecular weight is 270 g/mol. The Morgan fingerprint density at radius 3 is 3.24 bits per heavy atom. The Bertz CT molecular complexity index is 550. The van der Waals surface area contributed by atoms with E-state index in [1.54, 1.807) is 17.3 Å². The number of hydrogen-bond donors (Lipinski definition) is 1. The van der Waals surface area contributed by atoms with Crippen LogP contribution in [-0.2, 0) is 5.75 Å². The van der Waals surface area contributed by atoms with Gasteiger partial charge < -0.3 is 5.73 Å². The number of fused-ring (bicyclic) bond motifs is 1. The van der Waals surface area contributed by atoms with Crippen LogP contribution in [0.2, 0.25) is 0 Å². The smallest absolute Gasteiger partial charge is 0.275 e. The van der Waals surface area contributed by atoms with Crippen molar-refractivity contribution in [2.75, 3.05) is 5.75 Å². The van der Waals surface area contributed by atoms with Crippen molar-refractivity contribution in [3.63, 3.8) is 0 Å². The van der Waals surface area contributed by atoms with E-state index >= 15 is 0 Å². The second kappa shape index (κ2) is 5.61. The second-order valence-corrected chi connectivity index (χ2v) is 5.54. The van der Waals surface area contributed by atoms with E-state index in [0.29, 0.717) is 4.96 Å². The molecule has 1 unspecified atom stereocenters. The predicted molar refractivity (Wildman–Crippen MR) is 71.6 cm³/mol. The van der Waals surface area contributed by atoms with E-state index < -0.39 is 0 Å². The maximum atomic E-state index is 11.6. The van der Waals surface area contributed by atoms with Crippen LogP contribution >= 0.6 is 23.1 Å². The van der Waals surface area contributed by atoms with Crippen LogP contribution in [-0.4, -0.2) is 26.4 Å². The first-order valence-corrected chi connectivity index (χ1v) is 7.40. The van der Waals surface area contributed by atoms with Gasteiger partial charge in [-0.25, -0.2) is 4.98 Å². The van der Waals surface area contributed by atoms with Crippen molar-refractivity contribution in [3.05, 3.63) is 27.6 Å². The quantitative estimate of drug-likeness (QED) is 0.881. The van der Waals surface area contributed by atoms with Crippen LogP contribution in [0, 0.1) is 0 Å². The molecule has 2 aromatic rings. The summed E-state index contributed by atoms with van der Waals surface area (Å²) in [5.74, 6) is 1.61. The van der Waals surface area contributed by atoms with Gasteiger partial charge in [0.05, 0.1) is 5.69 Å². The fourth-order valence-corrected chi connectivity index (χ4v) is 2.96. The molecule has 0 saturated heterocycles. The van der Waals surface area contributed by atoms with Crippen LogP contribution in [0.15, 0.2) is 16.4 Å². The van der Waals surface area contributed by atoms with Gasteiger partial charge >= 0.3 is 0 Å². The van der Waals surface area contributed by atoms with Gasteiger partial charge in [0, 0.05) is 23.6 Å². The van der Waals surface area contributed by atoms with Crippen molar-refractivity contribution in [2.24, 2.45) is 5.73 Å². The Balaban J connectivity index is 2.06. The molecule has 0 amide bonds. The second-order valence-electron chi connectivity index (χ2n) is 3.70. The summed E-state index contributed by atoms with van der Waals surface area (Å²) in [6.45, 7) is 2.07. The molecule has 92 valence electrons. The monoisotopic (exact) mass is 270 g/mol. The molecule has 0 radical (unpaired) electrons. The average Bonchev–Trinajstić information content (AvgIpc) is 2.77. The third kappa shape index (κ3) is 3.05. The highest BCUT2D eigenvalue weighted by Crippen LogP contribution is 2.12. The fourth-order valence-electron chi connectivity index (χ4n) is 1.31. The van der Waals surface area contributed by atoms with Gasteiger partial charge in [0.1, 0.15) is 5.51 Å². The van der Waals surface area contributed by atoms with Crippen molar-refractivity contribution in [1.29, 1.82) is 0 Å². The lowest BCUT2D eigenvalue weighted by Gasteiger charge is -2.07. The summed E-state index contributed by atoms with van der Waals surface area (Å²) in [7, 11) is 0. The van der Waals surface area contributed by atoms with Crippen molar-refractivity contribution in [1.82, 2.24) is 14.6 Å². The molecule has 0 aliphatic heterocycles. The molecule has 0 aliphatic rings. The summed E-state index contributed by atoms with van der Waals surface area (Å²) in [6.07, 6.45) is 0.969. The number of hydrogen-bond acceptors (Lipinski definition) is 6. The van der Waals surface area contributed by atoms with Crippen LogP contribution in [0.5, 0.6) is 0 Å². The van der Waals surface area contributed by atoms with Crippen LogP contribution in [0.3, 0.4) is 0 Å². The number of nitrogens with zero attached hydrogens (tertiary/aromatic N) is 3. The molecule has 2 aromatic heterocycles. The van der Waals surface area contributed by atoms with Gasteiger partial charge in [0.2, 0.25) is 4.96 Å². The molecule has 5 nitrogen and oxygen atoms in total. The van der Waals surface area contributed by atoms with E-state index in [9.17, 15) is 4.79 Å². The largest absolute Gasteiger partial charge is 0.327 e. The summed E-state index contributed by atoms with van der Waals surface area (Å²) in [5, 5.41) is 3.91. The molecule has 1 atom stereocenters. The number of thioether (sulfide) groups is 1. The van der Waals surface area contributed by atoms with E-state index in [4.69, 9.17) is 5.73 Å². The Labute approximate surface area is 107 Å². The molecule has 0 saturated carbocycles. The third-order valence-electron chi connectivity index (χ3n) is 2.35. The number of rotatable bonds is 5. The first kappa shape index (κ1) is 12.5. The molecular formula is C10H14N4OS2. The molecule has 2 heterocycles. The first-order valence-electron chi connectivity index (χ1n) is 5.36. The van der Waals surface area contributed by atoms with Crippen LogP contribution in [0.1, 0.15) is 19.0 Å². The third-order valence-corrected chi connectivity index (χ3v) is 4.18. The van der Waals surface area contributed by atoms with Crippen molar-refractivity contribution >= 4 is 28.1 Å². The molecule has 17 heavy (non-hydrogen) atoms. The Kier molecular flexibility index (Phi) is 4.14. The molecule has 0 bridgehead atoms. The number of aromatic nitrogens is 3. The topological polar surface area (TPSA) is 73.3 Å². The predicted octanol–water partition coefficient (Wildman–Crippen LogP) is 1.12. The standard InChI is InChI=1S/C10H14N4OS2/c1-2-7(11)4-16-5-8-3-9(15)14-10(13-8)17-6-12-14/h3,6-7H,2,4-5,11H2,1H3. The lowest BCUT2D eigenvalue weighted by atomic mass is 10.3. The molecule has 0 spiro atoms. The molecule has 0 aromatic carbocycles. The zero-order valence-electron chi connectivity index (χ0n) is 9.50. The molecule has 2 rings (SSSR count). The maximum Gasteiger partial charge on any atom is 0.275 e. The van der Waals surface area contributed by atoms with Gasteiger partial charge in [0.25, 0.3) is 5.56 Å². The number of nitrogens with two attached hydrogens (primary N) is 1. The summed E-state index contributed by atoms with van der Waals surface area (Å²) < 4.78 is 1.32. The van der Waals surface area contributed by atoms with E-state index in [1.807, 2.05) is 0 Å². The molecular weight excluding hydrogens is 256 g/mol. The van der Waals surface area contributed by atoms with Gasteiger partial charge in [0.15, 0.2) is 0 Å². The van der Waals surface area contributed by atoms with Crippen LogP contribution in [0.25, 0.3) is 4.96 Å². The maximum absolute atomic E-state index is 11.6. The molecule has 0 aliphatic carbocycles. The van der Waals surface area contributed by atoms with Crippen molar-refractivity contribution < 1.29 is 0 Å². The Morgan fingerprint density at radius 2 is 2.47 bits per heavy atom. The summed E-state index contributed by atoms with van der Waals surface area (Å²) in [4.78, 5) is 16.7. The van der Waals surface area contributed by atoms with Crippen molar-refractivity contribution in [2.45, 2.75) is 25.1 Å². The van der Waals surface area contributed by atoms with Gasteiger partial charge in [-0.05, 0) is 6.42 Å². The van der Waals surface area contributed by atoms with Crippen molar-refractivity contribution in [3.8, 4) is 0 Å². The fraction of sp³-hybridized carbons (Fsp3) is 0.500. The van der Waals surface area contributed by atoms with Gasteiger partial charge in [-0.3, -0.25) is 4.79 Å². The highest BCUT2D eigenvalue weighted by atomic mass is 32.2. The normalized spacial score (nSPS) is 13.1. The Morgan fingerprint density at radius 1 is 1.65 bits per heavy atom. The van der Waals surface area contributed by atoms with E-state index in [-0.39, 0.29) is 11.6 Å². The van der Waals surface area contributed by atoms with Crippen LogP contribution < -0.4 is 11.3 Å². The highest BCUT2D eigenvalue weighted by Gasteiger charge is 2.05. The lowest BCUT2D eigenvalue weighted by molar-refractivity contribution is 0.724. The zero-order valence-corrected chi connectivity index (χ0v) is 11.1. The van der Waals surface area contributed by atoms with Gasteiger partial charge in [-0.2, -0.15) is 21.4 Å². The summed E-state index contributed by atoms with van der Waals surface area (Å²) >= 11 is 3.07. The molecule has 2 N–H and O–H groups in total. The van der Waals surface area contributed by atoms with Gasteiger partial charge in [-0.1, -0.05) is 18.3 Å². The highest BCUT2D eigenvalue weighted by molar-refractivity contribution is 7.98. The van der Waals surface area contributed by atoms with Crippen LogP contribution in [0.4, 0.5) is 0 Å². The SMILES string of the molecule is CCC(N)CSCc1cc(=O)n2ncsc2n1. The van der Waals surface area contributed by atoms with E-state index in [2.05, 4.69) is 17.0 Å². The zero-order chi connectivity index (χ0) is 12.3. The minimum Gasteiger partial charge on any atom is -0.327 e. The van der Waals surface area contributed by atoms with Gasteiger partial charge in [-0.15, -0.1) is 0 Å². The molecule has 0 fully saturated rings.